The van der Waals surface area contributed by atoms with Crippen LogP contribution in [0.25, 0.3) is 0 Å². The summed E-state index contributed by atoms with van der Waals surface area (Å²) in [5.74, 6) is 0.879. The molecule has 1 aromatic rings. The van der Waals surface area contributed by atoms with E-state index in [2.05, 4.69) is 6.92 Å². The summed E-state index contributed by atoms with van der Waals surface area (Å²) in [7, 11) is 0. The molecule has 0 saturated carbocycles. The van der Waals surface area contributed by atoms with Crippen LogP contribution < -0.4 is 16.2 Å². The number of hydrogen-bond donors (Lipinski definition) is 2. The van der Waals surface area contributed by atoms with Gasteiger partial charge < -0.3 is 16.2 Å². The molecule has 0 heterocycles. The van der Waals surface area contributed by atoms with E-state index >= 15 is 0 Å². The third-order valence-corrected chi connectivity index (χ3v) is 2.31. The second kappa shape index (κ2) is 6.43. The molecule has 84 valence electrons. The van der Waals surface area contributed by atoms with Gasteiger partial charge in [-0.2, -0.15) is 0 Å². The smallest absolute Gasteiger partial charge is 0.119 e. The first-order chi connectivity index (χ1) is 7.27. The minimum atomic E-state index is -0.0975. The predicted octanol–water partition coefficient (Wildman–Crippen LogP) is 1.82. The van der Waals surface area contributed by atoms with Crippen LogP contribution in [0.4, 0.5) is 0 Å². The first-order valence-corrected chi connectivity index (χ1v) is 5.46. The fraction of sp³-hybridized carbons (Fsp3) is 0.500. The van der Waals surface area contributed by atoms with Gasteiger partial charge >= 0.3 is 0 Å². The summed E-state index contributed by atoms with van der Waals surface area (Å²) in [5.41, 5.74) is 12.4. The Balaban J connectivity index is 2.57. The van der Waals surface area contributed by atoms with Crippen LogP contribution in [0.5, 0.6) is 5.75 Å². The van der Waals surface area contributed by atoms with E-state index in [9.17, 15) is 0 Å². The van der Waals surface area contributed by atoms with Crippen LogP contribution in [0.1, 0.15) is 31.4 Å². The van der Waals surface area contributed by atoms with E-state index in [4.69, 9.17) is 16.2 Å². The maximum atomic E-state index is 5.84. The van der Waals surface area contributed by atoms with Crippen molar-refractivity contribution in [2.75, 3.05) is 13.2 Å². The van der Waals surface area contributed by atoms with Gasteiger partial charge in [0, 0.05) is 12.6 Å². The lowest BCUT2D eigenvalue weighted by Crippen LogP contribution is -2.20. The number of hydrogen-bond acceptors (Lipinski definition) is 3. The van der Waals surface area contributed by atoms with Crippen molar-refractivity contribution >= 4 is 0 Å². The van der Waals surface area contributed by atoms with E-state index in [-0.39, 0.29) is 6.04 Å². The fourth-order valence-electron chi connectivity index (χ4n) is 1.31. The van der Waals surface area contributed by atoms with Crippen LogP contribution in [0, 0.1) is 0 Å². The molecule has 0 aliphatic rings. The molecule has 0 aliphatic heterocycles. The Morgan fingerprint density at radius 3 is 2.87 bits per heavy atom. The number of nitrogens with two attached hydrogens (primary N) is 2. The van der Waals surface area contributed by atoms with Crippen molar-refractivity contribution < 1.29 is 4.74 Å². The average molecular weight is 208 g/mol. The number of ether oxygens (including phenoxy) is 1. The van der Waals surface area contributed by atoms with Gasteiger partial charge in [0.25, 0.3) is 0 Å². The van der Waals surface area contributed by atoms with E-state index in [1.54, 1.807) is 0 Å². The fourth-order valence-corrected chi connectivity index (χ4v) is 1.31. The molecular formula is C12H20N2O. The Kier molecular flexibility index (Phi) is 5.15. The molecule has 4 N–H and O–H groups in total. The predicted molar refractivity (Wildman–Crippen MR) is 62.8 cm³/mol. The first-order valence-electron chi connectivity index (χ1n) is 5.46. The highest BCUT2D eigenvalue weighted by atomic mass is 16.5. The molecule has 3 heteroatoms. The molecule has 0 radical (unpaired) electrons. The summed E-state index contributed by atoms with van der Waals surface area (Å²) in [6.45, 7) is 3.36. The molecule has 1 aromatic carbocycles. The van der Waals surface area contributed by atoms with Crippen molar-refractivity contribution in [1.82, 2.24) is 0 Å². The van der Waals surface area contributed by atoms with Crippen LogP contribution in [0.15, 0.2) is 24.3 Å². The van der Waals surface area contributed by atoms with Crippen molar-refractivity contribution in [3.63, 3.8) is 0 Å². The van der Waals surface area contributed by atoms with E-state index in [0.717, 1.165) is 30.8 Å². The molecule has 1 rings (SSSR count). The second-order valence-corrected chi connectivity index (χ2v) is 3.62. The first kappa shape index (κ1) is 12.0. The third-order valence-electron chi connectivity index (χ3n) is 2.31. The van der Waals surface area contributed by atoms with E-state index in [1.807, 2.05) is 24.3 Å². The molecule has 0 aromatic heterocycles. The zero-order valence-electron chi connectivity index (χ0n) is 9.28. The molecule has 0 unspecified atom stereocenters. The van der Waals surface area contributed by atoms with E-state index < -0.39 is 0 Å². The van der Waals surface area contributed by atoms with E-state index in [0.29, 0.717) is 6.54 Å². The molecular weight excluding hydrogens is 188 g/mol. The van der Waals surface area contributed by atoms with Gasteiger partial charge in [0.1, 0.15) is 5.75 Å². The Labute approximate surface area is 91.4 Å². The highest BCUT2D eigenvalue weighted by Gasteiger charge is 2.04. The van der Waals surface area contributed by atoms with Gasteiger partial charge in [-0.1, -0.05) is 25.5 Å². The van der Waals surface area contributed by atoms with Crippen molar-refractivity contribution in [3.05, 3.63) is 29.8 Å². The summed E-state index contributed by atoms with van der Waals surface area (Å²) in [6.07, 6.45) is 2.22. The van der Waals surface area contributed by atoms with Gasteiger partial charge in [0.05, 0.1) is 6.61 Å². The summed E-state index contributed by atoms with van der Waals surface area (Å²) < 4.78 is 5.59. The van der Waals surface area contributed by atoms with Crippen LogP contribution in [-0.4, -0.2) is 13.2 Å². The summed E-state index contributed by atoms with van der Waals surface area (Å²) in [4.78, 5) is 0. The topological polar surface area (TPSA) is 61.3 Å². The number of benzene rings is 1. The molecule has 15 heavy (non-hydrogen) atoms. The molecule has 0 bridgehead atoms. The summed E-state index contributed by atoms with van der Waals surface area (Å²) in [5, 5.41) is 0. The minimum Gasteiger partial charge on any atom is -0.494 e. The Morgan fingerprint density at radius 2 is 2.20 bits per heavy atom. The quantitative estimate of drug-likeness (QED) is 0.701. The molecule has 3 nitrogen and oxygen atoms in total. The van der Waals surface area contributed by atoms with Crippen LogP contribution >= 0.6 is 0 Å². The maximum Gasteiger partial charge on any atom is 0.119 e. The molecule has 0 aliphatic carbocycles. The lowest BCUT2D eigenvalue weighted by atomic mass is 10.1. The largest absolute Gasteiger partial charge is 0.494 e. The van der Waals surface area contributed by atoms with Gasteiger partial charge in [-0.15, -0.1) is 0 Å². The normalized spacial score (nSPS) is 12.5. The highest BCUT2D eigenvalue weighted by Crippen LogP contribution is 2.17. The van der Waals surface area contributed by atoms with Crippen LogP contribution in [0.2, 0.25) is 0 Å². The van der Waals surface area contributed by atoms with Crippen LogP contribution in [0.3, 0.4) is 0 Å². The summed E-state index contributed by atoms with van der Waals surface area (Å²) in [6, 6.07) is 7.74. The van der Waals surface area contributed by atoms with Crippen molar-refractivity contribution in [3.8, 4) is 5.75 Å². The van der Waals surface area contributed by atoms with Gasteiger partial charge in [-0.25, -0.2) is 0 Å². The molecule has 0 amide bonds. The average Bonchev–Trinajstić information content (AvgIpc) is 2.29. The maximum absolute atomic E-state index is 5.84. The highest BCUT2D eigenvalue weighted by molar-refractivity contribution is 5.30. The van der Waals surface area contributed by atoms with Gasteiger partial charge in [-0.05, 0) is 24.1 Å². The molecule has 1 atom stereocenters. The Bertz CT molecular complexity index is 289. The molecule has 0 fully saturated rings. The van der Waals surface area contributed by atoms with Crippen molar-refractivity contribution in [2.45, 2.75) is 25.8 Å². The Hall–Kier alpha value is -1.06. The van der Waals surface area contributed by atoms with Gasteiger partial charge in [-0.3, -0.25) is 0 Å². The lowest BCUT2D eigenvalue weighted by Gasteiger charge is -2.11. The molecule has 0 saturated heterocycles. The van der Waals surface area contributed by atoms with Crippen molar-refractivity contribution in [2.24, 2.45) is 11.5 Å². The van der Waals surface area contributed by atoms with Crippen molar-refractivity contribution in [1.29, 1.82) is 0 Å². The third kappa shape index (κ3) is 3.90. The van der Waals surface area contributed by atoms with Gasteiger partial charge in [0.15, 0.2) is 0 Å². The minimum absolute atomic E-state index is 0.0975. The monoisotopic (exact) mass is 208 g/mol. The summed E-state index contributed by atoms with van der Waals surface area (Å²) >= 11 is 0. The zero-order valence-corrected chi connectivity index (χ0v) is 9.28. The number of rotatable bonds is 6. The zero-order chi connectivity index (χ0) is 11.1. The SMILES string of the molecule is CCCCOc1cccc([C@H](N)CN)c1. The number of unbranched alkanes of at least 4 members (excludes halogenated alkanes) is 1. The molecule has 0 spiro atoms. The lowest BCUT2D eigenvalue weighted by molar-refractivity contribution is 0.309. The second-order valence-electron chi connectivity index (χ2n) is 3.62. The van der Waals surface area contributed by atoms with Gasteiger partial charge in [0.2, 0.25) is 0 Å². The van der Waals surface area contributed by atoms with Crippen LogP contribution in [-0.2, 0) is 0 Å². The van der Waals surface area contributed by atoms with E-state index in [1.165, 1.54) is 0 Å². The standard InChI is InChI=1S/C12H20N2O/c1-2-3-7-15-11-6-4-5-10(8-11)12(14)9-13/h4-6,8,12H,2-3,7,9,13-14H2,1H3/t12-/m1/s1. The Morgan fingerprint density at radius 1 is 1.40 bits per heavy atom.